The molecule has 0 aromatic rings. The molecule has 4 aliphatic carbocycles. The van der Waals surface area contributed by atoms with Crippen LogP contribution in [0.1, 0.15) is 107 Å². The second kappa shape index (κ2) is 15.1. The summed E-state index contributed by atoms with van der Waals surface area (Å²) in [6.45, 7) is 16.4. The summed E-state index contributed by atoms with van der Waals surface area (Å²) in [7, 11) is 0. The van der Waals surface area contributed by atoms with Gasteiger partial charge in [0.2, 0.25) is 0 Å². The first-order chi connectivity index (χ1) is 25.0. The van der Waals surface area contributed by atoms with E-state index in [-0.39, 0.29) is 53.1 Å². The molecule has 2 aliphatic heterocycles. The van der Waals surface area contributed by atoms with Gasteiger partial charge in [0.25, 0.3) is 0 Å². The van der Waals surface area contributed by atoms with Crippen LogP contribution in [0.2, 0.25) is 0 Å². The molecule has 312 valence electrons. The number of hydrogen-bond acceptors (Lipinski definition) is 13. The van der Waals surface area contributed by atoms with Crippen molar-refractivity contribution in [3.63, 3.8) is 0 Å². The van der Waals surface area contributed by atoms with E-state index >= 15 is 0 Å². The molecule has 6 aliphatic rings. The van der Waals surface area contributed by atoms with E-state index in [9.17, 15) is 46.0 Å². The zero-order valence-electron chi connectivity index (χ0n) is 33.5. The monoisotopic (exact) mass is 770 g/mol. The molecule has 4 saturated carbocycles. The fraction of sp³-hybridized carbons (Fsp3) is 0.951. The third kappa shape index (κ3) is 6.86. The van der Waals surface area contributed by atoms with Gasteiger partial charge in [0, 0.05) is 0 Å². The predicted molar refractivity (Wildman–Crippen MR) is 196 cm³/mol. The van der Waals surface area contributed by atoms with Gasteiger partial charge in [-0.05, 0) is 117 Å². The second-order valence-corrected chi connectivity index (χ2v) is 19.8. The largest absolute Gasteiger partial charge is 0.393 e. The molecule has 0 aromatic heterocycles. The molecule has 2 heterocycles. The Kier molecular flexibility index (Phi) is 12.0. The third-order valence-corrected chi connectivity index (χ3v) is 16.2. The maximum atomic E-state index is 12.4. The molecule has 20 atom stereocenters. The molecule has 0 aromatic carbocycles. The Bertz CT molecular complexity index is 1360. The zero-order chi connectivity index (χ0) is 39.9. The Morgan fingerprint density at radius 1 is 0.778 bits per heavy atom. The van der Waals surface area contributed by atoms with Crippen LogP contribution in [0.5, 0.6) is 0 Å². The minimum Gasteiger partial charge on any atom is -0.393 e. The Labute approximate surface area is 320 Å². The first kappa shape index (κ1) is 42.8. The van der Waals surface area contributed by atoms with Crippen molar-refractivity contribution >= 4 is 0 Å². The van der Waals surface area contributed by atoms with Crippen LogP contribution in [-0.4, -0.2) is 138 Å². The molecule has 0 bridgehead atoms. The van der Waals surface area contributed by atoms with E-state index in [1.807, 2.05) is 20.8 Å². The molecule has 6 fully saturated rings. The highest BCUT2D eigenvalue weighted by molar-refractivity contribution is 5.22. The van der Waals surface area contributed by atoms with Crippen molar-refractivity contribution in [3.8, 4) is 0 Å². The van der Waals surface area contributed by atoms with Gasteiger partial charge in [0.05, 0.1) is 37.1 Å². The lowest BCUT2D eigenvalue weighted by atomic mass is 9.34. The minimum atomic E-state index is -1.66. The molecular weight excluding hydrogens is 700 g/mol. The number of hydrogen-bond donors (Lipinski definition) is 9. The molecule has 9 N–H and O–H groups in total. The second-order valence-electron chi connectivity index (χ2n) is 19.8. The van der Waals surface area contributed by atoms with E-state index < -0.39 is 84.6 Å². The van der Waals surface area contributed by atoms with Crippen molar-refractivity contribution in [2.24, 2.45) is 45.3 Å². The van der Waals surface area contributed by atoms with Gasteiger partial charge in [-0.1, -0.05) is 46.3 Å². The van der Waals surface area contributed by atoms with Crippen LogP contribution in [-0.2, 0) is 18.9 Å². The first-order valence-corrected chi connectivity index (χ1v) is 20.4. The van der Waals surface area contributed by atoms with Crippen molar-refractivity contribution in [2.45, 2.75) is 186 Å². The number of fused-ring (bicyclic) bond motifs is 5. The van der Waals surface area contributed by atoms with E-state index in [0.717, 1.165) is 24.8 Å². The van der Waals surface area contributed by atoms with Gasteiger partial charge in [-0.25, -0.2) is 0 Å². The summed E-state index contributed by atoms with van der Waals surface area (Å²) < 4.78 is 24.0. The summed E-state index contributed by atoms with van der Waals surface area (Å²) in [6.07, 6.45) is -7.53. The summed E-state index contributed by atoms with van der Waals surface area (Å²) in [5.41, 5.74) is -1.30. The van der Waals surface area contributed by atoms with Crippen LogP contribution in [0.4, 0.5) is 0 Å². The van der Waals surface area contributed by atoms with Crippen LogP contribution in [0.25, 0.3) is 0 Å². The molecule has 0 radical (unpaired) electrons. The first-order valence-electron chi connectivity index (χ1n) is 20.4. The number of allylic oxidation sites excluding steroid dienone is 2. The fourth-order valence-electron chi connectivity index (χ4n) is 13.1. The van der Waals surface area contributed by atoms with Crippen LogP contribution in [0.15, 0.2) is 11.6 Å². The Balaban J connectivity index is 1.27. The molecule has 0 unspecified atom stereocenters. The molecule has 13 heteroatoms. The standard InChI is InChI=1S/C41H70O13/c1-20(2)10-9-13-41(8,54-36-33(50)31(48)30(47)25(53-36)19-52-35-32(49)29(46)24(44)18-51-35)21-11-15-39(6)28(21)22(42)16-26-38(5)14-12-27(45)37(3,4)34(38)23(43)17-40(26,39)7/h10,21-36,42-50H,9,11-19H2,1-8H3/t21-,22-,23+,24-,25-,26-,27+,28-,29-,30-,31+,32+,33-,34-,35+,36+,38-,39-,40-,41+/m0/s1. The van der Waals surface area contributed by atoms with E-state index in [4.69, 9.17) is 18.9 Å². The van der Waals surface area contributed by atoms with Crippen molar-refractivity contribution in [3.05, 3.63) is 11.6 Å². The van der Waals surface area contributed by atoms with Gasteiger partial charge in [-0.3, -0.25) is 0 Å². The summed E-state index contributed by atoms with van der Waals surface area (Å²) in [4.78, 5) is 0. The van der Waals surface area contributed by atoms with Crippen molar-refractivity contribution in [1.82, 2.24) is 0 Å². The highest BCUT2D eigenvalue weighted by Crippen LogP contribution is 2.76. The highest BCUT2D eigenvalue weighted by Gasteiger charge is 2.73. The van der Waals surface area contributed by atoms with Crippen LogP contribution in [0.3, 0.4) is 0 Å². The summed E-state index contributed by atoms with van der Waals surface area (Å²) in [6, 6.07) is 0. The maximum Gasteiger partial charge on any atom is 0.187 e. The average Bonchev–Trinajstić information content (AvgIpc) is 3.47. The Morgan fingerprint density at radius 3 is 2.11 bits per heavy atom. The van der Waals surface area contributed by atoms with E-state index in [2.05, 4.69) is 40.7 Å². The zero-order valence-corrected chi connectivity index (χ0v) is 33.5. The van der Waals surface area contributed by atoms with Crippen molar-refractivity contribution < 1.29 is 64.9 Å². The summed E-state index contributed by atoms with van der Waals surface area (Å²) in [5, 5.41) is 99.1. The van der Waals surface area contributed by atoms with E-state index in [1.54, 1.807) is 0 Å². The molecular formula is C41H70O13. The number of ether oxygens (including phenoxy) is 4. The highest BCUT2D eigenvalue weighted by atomic mass is 16.7. The van der Waals surface area contributed by atoms with Crippen LogP contribution in [0, 0.1) is 45.3 Å². The van der Waals surface area contributed by atoms with E-state index in [0.29, 0.717) is 32.1 Å². The maximum absolute atomic E-state index is 12.4. The molecule has 0 spiro atoms. The Morgan fingerprint density at radius 2 is 1.44 bits per heavy atom. The van der Waals surface area contributed by atoms with Gasteiger partial charge in [0.15, 0.2) is 12.6 Å². The lowest BCUT2D eigenvalue weighted by Gasteiger charge is -2.71. The summed E-state index contributed by atoms with van der Waals surface area (Å²) in [5.74, 6) is -0.398. The van der Waals surface area contributed by atoms with E-state index in [1.165, 1.54) is 0 Å². The molecule has 54 heavy (non-hydrogen) atoms. The van der Waals surface area contributed by atoms with Crippen molar-refractivity contribution in [1.29, 1.82) is 0 Å². The quantitative estimate of drug-likeness (QED) is 0.153. The molecule has 13 nitrogen and oxygen atoms in total. The predicted octanol–water partition coefficient (Wildman–Crippen LogP) is 1.76. The Hall–Kier alpha value is -0.780. The van der Waals surface area contributed by atoms with Gasteiger partial charge < -0.3 is 64.9 Å². The third-order valence-electron chi connectivity index (χ3n) is 16.2. The van der Waals surface area contributed by atoms with Crippen LogP contribution < -0.4 is 0 Å². The molecule has 2 saturated heterocycles. The number of rotatable bonds is 9. The van der Waals surface area contributed by atoms with Gasteiger partial charge >= 0.3 is 0 Å². The SMILES string of the molecule is CC(C)=CCC[C@@](C)(O[C@H]1O[C@@H](CO[C@H]2OC[C@H](O)[C@H](O)[C@H]2O)[C@H](O)[C@@H](O)[C@@H]1O)[C@H]1CC[C@@]2(C)[C@@H]1[C@@H](O)C[C@H]1[C@]3(C)CC[C@@H](O)C(C)(C)[C@@H]3[C@H](O)C[C@@]12C. The summed E-state index contributed by atoms with van der Waals surface area (Å²) >= 11 is 0. The van der Waals surface area contributed by atoms with Gasteiger partial charge in [-0.15, -0.1) is 0 Å². The number of aliphatic hydroxyl groups is 9. The minimum absolute atomic E-state index is 0.109. The van der Waals surface area contributed by atoms with Crippen molar-refractivity contribution in [2.75, 3.05) is 13.2 Å². The van der Waals surface area contributed by atoms with Crippen LogP contribution >= 0.6 is 0 Å². The van der Waals surface area contributed by atoms with Gasteiger partial charge in [-0.2, -0.15) is 0 Å². The number of aliphatic hydroxyl groups excluding tert-OH is 9. The molecule has 0 amide bonds. The fourth-order valence-corrected chi connectivity index (χ4v) is 13.1. The smallest absolute Gasteiger partial charge is 0.187 e. The lowest BCUT2D eigenvalue weighted by Crippen LogP contribution is -2.70. The average molecular weight is 771 g/mol. The molecule has 6 rings (SSSR count). The normalized spacial score (nSPS) is 52.8. The lowest BCUT2D eigenvalue weighted by molar-refractivity contribution is -0.346. The topological polar surface area (TPSA) is 219 Å². The van der Waals surface area contributed by atoms with Gasteiger partial charge in [0.1, 0.15) is 42.7 Å².